The third-order valence-corrected chi connectivity index (χ3v) is 6.02. The quantitative estimate of drug-likeness (QED) is 0.362. The molecule has 0 bridgehead atoms. The smallest absolute Gasteiger partial charge is 0.266 e. The molecular weight excluding hydrogens is 372 g/mol. The van der Waals surface area contributed by atoms with Crippen LogP contribution in [0.25, 0.3) is 27.1 Å². The summed E-state index contributed by atoms with van der Waals surface area (Å²) in [6, 6.07) is 11.7. The lowest BCUT2D eigenvalue weighted by molar-refractivity contribution is -0.121. The van der Waals surface area contributed by atoms with Gasteiger partial charge in [-0.3, -0.25) is 9.69 Å². The average molecular weight is 385 g/mol. The Morgan fingerprint density at radius 3 is 2.92 bits per heavy atom. The Morgan fingerprint density at radius 2 is 2.12 bits per heavy atom. The molecule has 1 aromatic carbocycles. The predicted octanol–water partition coefficient (Wildman–Crippen LogP) is 4.94. The maximum Gasteiger partial charge on any atom is 0.266 e. The van der Waals surface area contributed by atoms with Crippen molar-refractivity contribution in [2.24, 2.45) is 0 Å². The van der Waals surface area contributed by atoms with E-state index < -0.39 is 0 Å². The van der Waals surface area contributed by atoms with Gasteiger partial charge in [-0.25, -0.2) is 4.98 Å². The molecule has 25 heavy (non-hydrogen) atoms. The number of carbonyl (C=O) groups is 1. The number of thioether (sulfide) groups is 1. The average Bonchev–Trinajstić information content (AvgIpc) is 3.29. The van der Waals surface area contributed by atoms with E-state index in [-0.39, 0.29) is 5.91 Å². The zero-order valence-corrected chi connectivity index (χ0v) is 15.4. The van der Waals surface area contributed by atoms with Crippen LogP contribution in [0.4, 0.5) is 0 Å². The number of amides is 1. The summed E-state index contributed by atoms with van der Waals surface area (Å²) in [5.41, 5.74) is 0.950. The van der Waals surface area contributed by atoms with Crippen molar-refractivity contribution >= 4 is 61.8 Å². The second-order valence-electron chi connectivity index (χ2n) is 5.27. The molecule has 2 aromatic heterocycles. The number of furan rings is 1. The number of hydrogen-bond donors (Lipinski definition) is 0. The van der Waals surface area contributed by atoms with Gasteiger partial charge in [-0.1, -0.05) is 42.2 Å². The van der Waals surface area contributed by atoms with E-state index in [1.165, 1.54) is 16.7 Å². The summed E-state index contributed by atoms with van der Waals surface area (Å²) in [6.45, 7) is 4.06. The first-order valence-corrected chi connectivity index (χ1v) is 9.52. The summed E-state index contributed by atoms with van der Waals surface area (Å²) < 4.78 is 7.51. The third-order valence-electron chi connectivity index (χ3n) is 3.59. The van der Waals surface area contributed by atoms with Gasteiger partial charge in [0.2, 0.25) is 0 Å². The Bertz CT molecular complexity index is 999. The normalized spacial score (nSPS) is 16.3. The van der Waals surface area contributed by atoms with Gasteiger partial charge in [0.1, 0.15) is 10.1 Å². The summed E-state index contributed by atoms with van der Waals surface area (Å²) in [5.74, 6) is 1.18. The molecule has 1 aliphatic rings. The molecule has 7 heteroatoms. The fourth-order valence-corrected chi connectivity index (χ4v) is 4.62. The van der Waals surface area contributed by atoms with Gasteiger partial charge < -0.3 is 4.42 Å². The summed E-state index contributed by atoms with van der Waals surface area (Å²) in [7, 11) is 0. The minimum Gasteiger partial charge on any atom is -0.454 e. The monoisotopic (exact) mass is 384 g/mol. The van der Waals surface area contributed by atoms with Gasteiger partial charge in [-0.05, 0) is 24.3 Å². The Kier molecular flexibility index (Phi) is 4.29. The van der Waals surface area contributed by atoms with Crippen molar-refractivity contribution < 1.29 is 9.21 Å². The lowest BCUT2D eigenvalue weighted by Gasteiger charge is -2.10. The number of aromatic nitrogens is 1. The van der Waals surface area contributed by atoms with Crippen LogP contribution < -0.4 is 0 Å². The van der Waals surface area contributed by atoms with Crippen LogP contribution >= 0.6 is 35.3 Å². The first-order chi connectivity index (χ1) is 12.2. The van der Waals surface area contributed by atoms with Gasteiger partial charge in [0.25, 0.3) is 5.91 Å². The van der Waals surface area contributed by atoms with Crippen LogP contribution in [0.5, 0.6) is 0 Å². The van der Waals surface area contributed by atoms with Crippen molar-refractivity contribution in [3.05, 3.63) is 59.7 Å². The number of rotatable bonds is 4. The van der Waals surface area contributed by atoms with Crippen LogP contribution in [0.15, 0.2) is 58.4 Å². The van der Waals surface area contributed by atoms with E-state index in [0.717, 1.165) is 15.2 Å². The minimum absolute atomic E-state index is 0.118. The molecule has 0 radical (unpaired) electrons. The summed E-state index contributed by atoms with van der Waals surface area (Å²) >= 11 is 8.09. The van der Waals surface area contributed by atoms with Crippen LogP contribution in [-0.4, -0.2) is 26.7 Å². The fraction of sp³-hybridized carbons (Fsp3) is 0.0556. The highest BCUT2D eigenvalue weighted by Crippen LogP contribution is 2.35. The fourth-order valence-electron chi connectivity index (χ4n) is 2.44. The van der Waals surface area contributed by atoms with Crippen molar-refractivity contribution in [1.29, 1.82) is 0 Å². The molecule has 3 heterocycles. The molecule has 0 atom stereocenters. The Hall–Kier alpha value is -2.22. The van der Waals surface area contributed by atoms with Gasteiger partial charge in [0.15, 0.2) is 10.8 Å². The molecule has 1 aliphatic heterocycles. The zero-order chi connectivity index (χ0) is 17.4. The summed E-state index contributed by atoms with van der Waals surface area (Å²) in [6.07, 6.45) is 3.38. The molecule has 0 N–H and O–H groups in total. The predicted molar refractivity (Wildman–Crippen MR) is 107 cm³/mol. The maximum atomic E-state index is 12.4. The topological polar surface area (TPSA) is 46.3 Å². The van der Waals surface area contributed by atoms with E-state index in [1.807, 2.05) is 36.4 Å². The van der Waals surface area contributed by atoms with E-state index in [4.69, 9.17) is 16.6 Å². The van der Waals surface area contributed by atoms with Crippen molar-refractivity contribution in [3.63, 3.8) is 0 Å². The highest BCUT2D eigenvalue weighted by atomic mass is 32.2. The molecule has 1 fully saturated rings. The second-order valence-corrected chi connectivity index (χ2v) is 7.98. The van der Waals surface area contributed by atoms with Crippen molar-refractivity contribution in [2.75, 3.05) is 6.54 Å². The molecule has 4 nitrogen and oxygen atoms in total. The zero-order valence-electron chi connectivity index (χ0n) is 13.0. The Balaban J connectivity index is 1.62. The standard InChI is InChI=1S/C18H12N2O2S3/c1-2-9-20-17(21)15(25-18(20)23)10-11-7-8-13(22-11)16-19-12-5-3-4-6-14(12)24-16/h2-8,10H,1,9H2/b15-10-. The van der Waals surface area contributed by atoms with Gasteiger partial charge in [0, 0.05) is 12.6 Å². The van der Waals surface area contributed by atoms with Crippen LogP contribution in [-0.2, 0) is 4.79 Å². The van der Waals surface area contributed by atoms with E-state index in [2.05, 4.69) is 11.6 Å². The number of carbonyl (C=O) groups excluding carboxylic acids is 1. The van der Waals surface area contributed by atoms with Gasteiger partial charge in [-0.15, -0.1) is 17.9 Å². The van der Waals surface area contributed by atoms with E-state index >= 15 is 0 Å². The Morgan fingerprint density at radius 1 is 1.28 bits per heavy atom. The molecule has 1 amide bonds. The summed E-state index contributed by atoms with van der Waals surface area (Å²) in [4.78, 5) is 19.0. The highest BCUT2D eigenvalue weighted by Gasteiger charge is 2.31. The molecule has 0 unspecified atom stereocenters. The molecule has 0 aliphatic carbocycles. The SMILES string of the molecule is C=CCN1C(=O)/C(=C/c2ccc(-c3nc4ccccc4s3)o2)SC1=S. The van der Waals surface area contributed by atoms with Crippen molar-refractivity contribution in [3.8, 4) is 10.8 Å². The molecule has 3 aromatic rings. The Labute approximate surface area is 157 Å². The number of nitrogens with zero attached hydrogens (tertiary/aromatic N) is 2. The van der Waals surface area contributed by atoms with Crippen LogP contribution in [0.2, 0.25) is 0 Å². The van der Waals surface area contributed by atoms with Gasteiger partial charge in [0.05, 0.1) is 15.1 Å². The lowest BCUT2D eigenvalue weighted by atomic mass is 10.3. The van der Waals surface area contributed by atoms with Crippen LogP contribution in [0, 0.1) is 0 Å². The molecule has 0 saturated carbocycles. The number of hydrogen-bond acceptors (Lipinski definition) is 6. The summed E-state index contributed by atoms with van der Waals surface area (Å²) in [5, 5.41) is 0.819. The first-order valence-electron chi connectivity index (χ1n) is 7.48. The largest absolute Gasteiger partial charge is 0.454 e. The molecular formula is C18H12N2O2S3. The second kappa shape index (κ2) is 6.59. The van der Waals surface area contributed by atoms with Crippen LogP contribution in [0.3, 0.4) is 0 Å². The lowest BCUT2D eigenvalue weighted by Crippen LogP contribution is -2.27. The number of thiazole rings is 1. The highest BCUT2D eigenvalue weighted by molar-refractivity contribution is 8.26. The maximum absolute atomic E-state index is 12.4. The number of thiocarbonyl (C=S) groups is 1. The van der Waals surface area contributed by atoms with Gasteiger partial charge in [-0.2, -0.15) is 0 Å². The van der Waals surface area contributed by atoms with Crippen molar-refractivity contribution in [2.45, 2.75) is 0 Å². The molecule has 124 valence electrons. The van der Waals surface area contributed by atoms with Crippen molar-refractivity contribution in [1.82, 2.24) is 9.88 Å². The van der Waals surface area contributed by atoms with Gasteiger partial charge >= 0.3 is 0 Å². The van der Waals surface area contributed by atoms with E-state index in [1.54, 1.807) is 23.5 Å². The molecule has 4 rings (SSSR count). The number of benzene rings is 1. The first kappa shape index (κ1) is 16.3. The van der Waals surface area contributed by atoms with E-state index in [0.29, 0.717) is 27.3 Å². The van der Waals surface area contributed by atoms with E-state index in [9.17, 15) is 4.79 Å². The minimum atomic E-state index is -0.118. The number of para-hydroxylation sites is 1. The molecule has 0 spiro atoms. The third kappa shape index (κ3) is 3.06. The number of fused-ring (bicyclic) bond motifs is 1. The van der Waals surface area contributed by atoms with Crippen LogP contribution in [0.1, 0.15) is 5.76 Å². The molecule has 1 saturated heterocycles.